The summed E-state index contributed by atoms with van der Waals surface area (Å²) in [6.07, 6.45) is 2.74. The van der Waals surface area contributed by atoms with Gasteiger partial charge in [-0.2, -0.15) is 0 Å². The summed E-state index contributed by atoms with van der Waals surface area (Å²) in [6, 6.07) is 6.33. The van der Waals surface area contributed by atoms with Gasteiger partial charge in [0.1, 0.15) is 0 Å². The van der Waals surface area contributed by atoms with Crippen molar-refractivity contribution in [2.75, 3.05) is 26.2 Å². The molecule has 2 aliphatic rings. The number of amides is 1. The molecule has 3 rings (SSSR count). The van der Waals surface area contributed by atoms with Gasteiger partial charge in [-0.1, -0.05) is 12.1 Å². The molecule has 1 aromatic rings. The molecule has 1 saturated carbocycles. The highest BCUT2D eigenvalue weighted by atomic mass is 32.2. The minimum absolute atomic E-state index is 0.00814. The first-order chi connectivity index (χ1) is 14.2. The maximum atomic E-state index is 12.9. The number of sulfonamides is 1. The van der Waals surface area contributed by atoms with Crippen LogP contribution in [0.15, 0.2) is 29.2 Å². The highest BCUT2D eigenvalue weighted by Crippen LogP contribution is 2.27. The molecule has 0 spiro atoms. The lowest BCUT2D eigenvalue weighted by Gasteiger charge is -2.39. The van der Waals surface area contributed by atoms with Gasteiger partial charge in [-0.3, -0.25) is 14.5 Å². The van der Waals surface area contributed by atoms with E-state index in [1.54, 1.807) is 0 Å². The Hall–Kier alpha value is -1.77. The number of hydrogen-bond donors (Lipinski definition) is 1. The van der Waals surface area contributed by atoms with Crippen LogP contribution in [0.3, 0.4) is 0 Å². The summed E-state index contributed by atoms with van der Waals surface area (Å²) in [5, 5.41) is 0. The van der Waals surface area contributed by atoms with Crippen LogP contribution in [0.2, 0.25) is 0 Å². The molecule has 166 valence electrons. The lowest BCUT2D eigenvalue weighted by atomic mass is 9.85. The van der Waals surface area contributed by atoms with E-state index < -0.39 is 10.0 Å². The summed E-state index contributed by atoms with van der Waals surface area (Å²) in [5.41, 5.74) is 0.488. The van der Waals surface area contributed by atoms with Gasteiger partial charge in [-0.25, -0.2) is 13.1 Å². The van der Waals surface area contributed by atoms with Crippen molar-refractivity contribution in [3.05, 3.63) is 29.8 Å². The number of hydrogen-bond acceptors (Lipinski definition) is 5. The van der Waals surface area contributed by atoms with Crippen molar-refractivity contribution in [3.8, 4) is 0 Å². The van der Waals surface area contributed by atoms with Gasteiger partial charge in [0.05, 0.1) is 4.90 Å². The second-order valence-corrected chi connectivity index (χ2v) is 10.4. The highest BCUT2D eigenvalue weighted by molar-refractivity contribution is 7.89. The van der Waals surface area contributed by atoms with Crippen LogP contribution < -0.4 is 4.72 Å². The highest BCUT2D eigenvalue weighted by Gasteiger charge is 2.32. The molecule has 1 aliphatic heterocycles. The fourth-order valence-corrected chi connectivity index (χ4v) is 5.64. The van der Waals surface area contributed by atoms with Crippen molar-refractivity contribution in [1.82, 2.24) is 14.5 Å². The molecule has 8 heteroatoms. The summed E-state index contributed by atoms with van der Waals surface area (Å²) in [7, 11) is -3.64. The standard InChI is InChI=1S/C22H33N3O4S/c1-16(2)24-12-14-25(15-13-24)22(27)19-4-8-20(9-5-19)23-30(28,29)21-10-6-18(7-11-21)17(3)26/h6-7,10-11,16,19-20,23H,4-5,8-9,12-15H2,1-3H3. The van der Waals surface area contributed by atoms with Crippen LogP contribution in [0.25, 0.3) is 0 Å². The molecule has 1 saturated heterocycles. The molecule has 1 N–H and O–H groups in total. The van der Waals surface area contributed by atoms with Crippen LogP contribution in [0, 0.1) is 5.92 Å². The Morgan fingerprint density at radius 1 is 0.967 bits per heavy atom. The maximum Gasteiger partial charge on any atom is 0.240 e. The van der Waals surface area contributed by atoms with Gasteiger partial charge < -0.3 is 4.90 Å². The predicted molar refractivity (Wildman–Crippen MR) is 116 cm³/mol. The molecule has 2 fully saturated rings. The number of benzene rings is 1. The summed E-state index contributed by atoms with van der Waals surface area (Å²) in [4.78, 5) is 28.8. The number of carbonyl (C=O) groups is 2. The molecule has 0 radical (unpaired) electrons. The van der Waals surface area contributed by atoms with E-state index in [2.05, 4.69) is 23.5 Å². The topological polar surface area (TPSA) is 86.8 Å². The molecule has 1 heterocycles. The van der Waals surface area contributed by atoms with E-state index in [4.69, 9.17) is 0 Å². The zero-order valence-corrected chi connectivity index (χ0v) is 19.0. The van der Waals surface area contributed by atoms with Crippen molar-refractivity contribution in [3.63, 3.8) is 0 Å². The first kappa shape index (κ1) is 22.9. The van der Waals surface area contributed by atoms with E-state index in [-0.39, 0.29) is 28.5 Å². The average molecular weight is 436 g/mol. The number of nitrogens with one attached hydrogen (secondary N) is 1. The van der Waals surface area contributed by atoms with Gasteiger partial charge in [0.25, 0.3) is 0 Å². The third-order valence-electron chi connectivity index (χ3n) is 6.33. The van der Waals surface area contributed by atoms with E-state index in [9.17, 15) is 18.0 Å². The number of Topliss-reactive ketones (excluding diaryl/α,β-unsaturated/α-hetero) is 1. The van der Waals surface area contributed by atoms with Crippen LogP contribution in [0.4, 0.5) is 0 Å². The first-order valence-corrected chi connectivity index (χ1v) is 12.3. The average Bonchev–Trinajstić information content (AvgIpc) is 2.73. The Morgan fingerprint density at radius 2 is 1.53 bits per heavy atom. The molecule has 30 heavy (non-hydrogen) atoms. The molecule has 0 bridgehead atoms. The summed E-state index contributed by atoms with van der Waals surface area (Å²) >= 11 is 0. The van der Waals surface area contributed by atoms with Crippen molar-refractivity contribution >= 4 is 21.7 Å². The first-order valence-electron chi connectivity index (χ1n) is 10.8. The molecule has 7 nitrogen and oxygen atoms in total. The van der Waals surface area contributed by atoms with E-state index in [1.807, 2.05) is 4.90 Å². The Kier molecular flexibility index (Phi) is 7.31. The van der Waals surface area contributed by atoms with Crippen LogP contribution >= 0.6 is 0 Å². The van der Waals surface area contributed by atoms with Gasteiger partial charge in [-0.05, 0) is 58.6 Å². The molecular formula is C22H33N3O4S. The van der Waals surface area contributed by atoms with Crippen molar-refractivity contribution < 1.29 is 18.0 Å². The van der Waals surface area contributed by atoms with Gasteiger partial charge >= 0.3 is 0 Å². The molecule has 1 aliphatic carbocycles. The predicted octanol–water partition coefficient (Wildman–Crippen LogP) is 2.28. The van der Waals surface area contributed by atoms with E-state index >= 15 is 0 Å². The number of carbonyl (C=O) groups excluding carboxylic acids is 2. The molecule has 1 aromatic carbocycles. The number of rotatable bonds is 6. The van der Waals surface area contributed by atoms with Crippen LogP contribution in [-0.4, -0.2) is 68.2 Å². The van der Waals surface area contributed by atoms with Crippen molar-refractivity contribution in [2.45, 2.75) is 63.4 Å². The third-order valence-corrected chi connectivity index (χ3v) is 7.86. The van der Waals surface area contributed by atoms with Gasteiger partial charge in [-0.15, -0.1) is 0 Å². The largest absolute Gasteiger partial charge is 0.340 e. The number of ketones is 1. The maximum absolute atomic E-state index is 12.9. The molecule has 0 aromatic heterocycles. The van der Waals surface area contributed by atoms with Gasteiger partial charge in [0, 0.05) is 49.7 Å². The molecule has 0 atom stereocenters. The molecule has 0 unspecified atom stereocenters. The third kappa shape index (κ3) is 5.47. The monoisotopic (exact) mass is 435 g/mol. The normalized spacial score (nSPS) is 23.5. The number of nitrogens with zero attached hydrogens (tertiary/aromatic N) is 2. The minimum atomic E-state index is -3.64. The van der Waals surface area contributed by atoms with E-state index in [0.29, 0.717) is 37.3 Å². The van der Waals surface area contributed by atoms with Crippen LogP contribution in [0.1, 0.15) is 56.8 Å². The second kappa shape index (κ2) is 9.58. The number of piperazine rings is 1. The SMILES string of the molecule is CC(=O)c1ccc(S(=O)(=O)NC2CCC(C(=O)N3CCN(C(C)C)CC3)CC2)cc1. The zero-order valence-electron chi connectivity index (χ0n) is 18.1. The summed E-state index contributed by atoms with van der Waals surface area (Å²) in [5.74, 6) is 0.117. The van der Waals surface area contributed by atoms with Crippen molar-refractivity contribution in [2.24, 2.45) is 5.92 Å². The van der Waals surface area contributed by atoms with Crippen LogP contribution in [-0.2, 0) is 14.8 Å². The van der Waals surface area contributed by atoms with Gasteiger partial charge in [0.15, 0.2) is 5.78 Å². The lowest BCUT2D eigenvalue weighted by Crippen LogP contribution is -2.52. The smallest absolute Gasteiger partial charge is 0.240 e. The minimum Gasteiger partial charge on any atom is -0.340 e. The Balaban J connectivity index is 1.50. The molecular weight excluding hydrogens is 402 g/mol. The molecule has 1 amide bonds. The van der Waals surface area contributed by atoms with Crippen LogP contribution in [0.5, 0.6) is 0 Å². The second-order valence-electron chi connectivity index (χ2n) is 8.71. The Morgan fingerprint density at radius 3 is 2.03 bits per heavy atom. The zero-order chi connectivity index (χ0) is 21.9. The quantitative estimate of drug-likeness (QED) is 0.693. The summed E-state index contributed by atoms with van der Waals surface area (Å²) in [6.45, 7) is 9.20. The Bertz CT molecular complexity index is 851. The fourth-order valence-electron chi connectivity index (χ4n) is 4.33. The van der Waals surface area contributed by atoms with E-state index in [1.165, 1.54) is 31.2 Å². The lowest BCUT2D eigenvalue weighted by molar-refractivity contribution is -0.138. The van der Waals surface area contributed by atoms with Gasteiger partial charge in [0.2, 0.25) is 15.9 Å². The van der Waals surface area contributed by atoms with Crippen molar-refractivity contribution in [1.29, 1.82) is 0 Å². The summed E-state index contributed by atoms with van der Waals surface area (Å²) < 4.78 is 28.1. The fraction of sp³-hybridized carbons (Fsp3) is 0.636. The Labute approximate surface area is 179 Å². The van der Waals surface area contributed by atoms with E-state index in [0.717, 1.165) is 26.2 Å².